The fourth-order valence-electron chi connectivity index (χ4n) is 2.34. The first-order valence-electron chi connectivity index (χ1n) is 7.79. The smallest absolute Gasteiger partial charge is 0.262 e. The number of nitrogens with zero attached hydrogens (tertiary/aromatic N) is 1. The zero-order valence-corrected chi connectivity index (χ0v) is 15.5. The molecule has 0 fully saturated rings. The van der Waals surface area contributed by atoms with Crippen molar-refractivity contribution in [1.29, 1.82) is 0 Å². The van der Waals surface area contributed by atoms with E-state index in [9.17, 15) is 9.59 Å². The number of aryl methyl sites for hydroxylation is 2. The number of ether oxygens (including phenoxy) is 1. The van der Waals surface area contributed by atoms with Crippen molar-refractivity contribution in [2.45, 2.75) is 13.8 Å². The van der Waals surface area contributed by atoms with Crippen LogP contribution in [0.5, 0.6) is 5.75 Å². The standard InChI is InChI=1S/C19H21ClN2O3/c1-12-9-14(10-13(2)18(12)20)25-11-17(23)21-16-8-6-5-7-15(16)19(24)22(3)4/h5-10H,11H2,1-4H3,(H,21,23). The molecule has 0 saturated heterocycles. The third kappa shape index (κ3) is 4.73. The van der Waals surface area contributed by atoms with E-state index < -0.39 is 0 Å². The number of para-hydroxylation sites is 1. The molecule has 0 unspecified atom stereocenters. The van der Waals surface area contributed by atoms with Crippen LogP contribution in [-0.4, -0.2) is 37.4 Å². The minimum Gasteiger partial charge on any atom is -0.484 e. The second-order valence-electron chi connectivity index (χ2n) is 5.95. The number of hydrogen-bond acceptors (Lipinski definition) is 3. The van der Waals surface area contributed by atoms with E-state index in [0.29, 0.717) is 22.0 Å². The molecule has 0 bridgehead atoms. The van der Waals surface area contributed by atoms with Gasteiger partial charge in [0.1, 0.15) is 5.75 Å². The SMILES string of the molecule is Cc1cc(OCC(=O)Nc2ccccc2C(=O)N(C)C)cc(C)c1Cl. The predicted octanol–water partition coefficient (Wildman–Crippen LogP) is 3.68. The van der Waals surface area contributed by atoms with Crippen molar-refractivity contribution < 1.29 is 14.3 Å². The molecular weight excluding hydrogens is 340 g/mol. The number of rotatable bonds is 5. The van der Waals surface area contributed by atoms with Gasteiger partial charge in [-0.2, -0.15) is 0 Å². The van der Waals surface area contributed by atoms with Crippen molar-refractivity contribution in [3.8, 4) is 5.75 Å². The van der Waals surface area contributed by atoms with E-state index in [4.69, 9.17) is 16.3 Å². The summed E-state index contributed by atoms with van der Waals surface area (Å²) in [5.41, 5.74) is 2.66. The number of benzene rings is 2. The normalized spacial score (nSPS) is 10.3. The number of halogens is 1. The van der Waals surface area contributed by atoms with Crippen LogP contribution in [0, 0.1) is 13.8 Å². The maximum atomic E-state index is 12.2. The van der Waals surface area contributed by atoms with Gasteiger partial charge in [0.05, 0.1) is 11.3 Å². The van der Waals surface area contributed by atoms with Crippen molar-refractivity contribution in [3.63, 3.8) is 0 Å². The van der Waals surface area contributed by atoms with Crippen LogP contribution in [0.2, 0.25) is 5.02 Å². The Bertz CT molecular complexity index is 780. The van der Waals surface area contributed by atoms with E-state index in [1.165, 1.54) is 4.90 Å². The first-order chi connectivity index (χ1) is 11.8. The van der Waals surface area contributed by atoms with Crippen LogP contribution < -0.4 is 10.1 Å². The number of anilines is 1. The van der Waals surface area contributed by atoms with Crippen LogP contribution in [0.3, 0.4) is 0 Å². The zero-order valence-electron chi connectivity index (χ0n) is 14.7. The van der Waals surface area contributed by atoms with Crippen LogP contribution >= 0.6 is 11.6 Å². The van der Waals surface area contributed by atoms with Gasteiger partial charge in [-0.15, -0.1) is 0 Å². The fraction of sp³-hybridized carbons (Fsp3) is 0.263. The lowest BCUT2D eigenvalue weighted by Crippen LogP contribution is -2.25. The molecule has 6 heteroatoms. The maximum absolute atomic E-state index is 12.2. The van der Waals surface area contributed by atoms with Gasteiger partial charge in [-0.3, -0.25) is 9.59 Å². The Balaban J connectivity index is 2.05. The van der Waals surface area contributed by atoms with E-state index in [-0.39, 0.29) is 18.4 Å². The van der Waals surface area contributed by atoms with Gasteiger partial charge >= 0.3 is 0 Å². The molecule has 25 heavy (non-hydrogen) atoms. The van der Waals surface area contributed by atoms with Crippen molar-refractivity contribution in [1.82, 2.24) is 4.90 Å². The highest BCUT2D eigenvalue weighted by Gasteiger charge is 2.15. The number of carbonyl (C=O) groups is 2. The molecule has 0 atom stereocenters. The Morgan fingerprint density at radius 1 is 1.12 bits per heavy atom. The third-order valence-corrected chi connectivity index (χ3v) is 4.21. The quantitative estimate of drug-likeness (QED) is 0.884. The minimum atomic E-state index is -0.343. The second kappa shape index (κ2) is 8.03. The molecule has 2 rings (SSSR count). The van der Waals surface area contributed by atoms with E-state index >= 15 is 0 Å². The van der Waals surface area contributed by atoms with Gasteiger partial charge in [0.2, 0.25) is 0 Å². The van der Waals surface area contributed by atoms with Gasteiger partial charge in [-0.25, -0.2) is 0 Å². The summed E-state index contributed by atoms with van der Waals surface area (Å²) < 4.78 is 5.54. The molecule has 0 saturated carbocycles. The average molecular weight is 361 g/mol. The Hall–Kier alpha value is -2.53. The Kier molecular flexibility index (Phi) is 6.04. The van der Waals surface area contributed by atoms with Crippen LogP contribution in [0.15, 0.2) is 36.4 Å². The Morgan fingerprint density at radius 3 is 2.32 bits per heavy atom. The monoisotopic (exact) mass is 360 g/mol. The lowest BCUT2D eigenvalue weighted by molar-refractivity contribution is -0.118. The van der Waals surface area contributed by atoms with Crippen molar-refractivity contribution in [2.24, 2.45) is 0 Å². The Morgan fingerprint density at radius 2 is 1.72 bits per heavy atom. The molecule has 132 valence electrons. The minimum absolute atomic E-state index is 0.162. The highest BCUT2D eigenvalue weighted by Crippen LogP contribution is 2.26. The summed E-state index contributed by atoms with van der Waals surface area (Å²) in [7, 11) is 3.32. The van der Waals surface area contributed by atoms with Crippen molar-refractivity contribution in [3.05, 3.63) is 58.1 Å². The van der Waals surface area contributed by atoms with Gasteiger partial charge in [0, 0.05) is 19.1 Å². The van der Waals surface area contributed by atoms with Gasteiger partial charge < -0.3 is 15.0 Å². The molecule has 1 N–H and O–H groups in total. The summed E-state index contributed by atoms with van der Waals surface area (Å²) in [6.07, 6.45) is 0. The van der Waals surface area contributed by atoms with E-state index in [2.05, 4.69) is 5.32 Å². The first kappa shape index (κ1) is 18.8. The first-order valence-corrected chi connectivity index (χ1v) is 8.17. The average Bonchev–Trinajstić information content (AvgIpc) is 2.57. The molecular formula is C19H21ClN2O3. The summed E-state index contributed by atoms with van der Waals surface area (Å²) in [5, 5.41) is 3.41. The zero-order chi connectivity index (χ0) is 18.6. The predicted molar refractivity (Wildman–Crippen MR) is 99.5 cm³/mol. The molecule has 0 spiro atoms. The van der Waals surface area contributed by atoms with Crippen molar-refractivity contribution >= 4 is 29.1 Å². The van der Waals surface area contributed by atoms with Crippen LogP contribution in [0.4, 0.5) is 5.69 Å². The molecule has 2 amide bonds. The van der Waals surface area contributed by atoms with Crippen LogP contribution in [-0.2, 0) is 4.79 Å². The fourth-order valence-corrected chi connectivity index (χ4v) is 2.45. The molecule has 0 radical (unpaired) electrons. The topological polar surface area (TPSA) is 58.6 Å². The molecule has 0 aliphatic carbocycles. The lowest BCUT2D eigenvalue weighted by Gasteiger charge is -2.15. The number of carbonyl (C=O) groups excluding carboxylic acids is 2. The van der Waals surface area contributed by atoms with Crippen LogP contribution in [0.25, 0.3) is 0 Å². The molecule has 0 aliphatic rings. The summed E-state index contributed by atoms with van der Waals surface area (Å²) in [6, 6.07) is 10.4. The number of amides is 2. The Labute approximate surface area is 152 Å². The molecule has 0 heterocycles. The van der Waals surface area contributed by atoms with E-state index in [1.807, 2.05) is 13.8 Å². The lowest BCUT2D eigenvalue weighted by atomic mass is 10.1. The van der Waals surface area contributed by atoms with E-state index in [0.717, 1.165) is 11.1 Å². The molecule has 0 aromatic heterocycles. The summed E-state index contributed by atoms with van der Waals surface area (Å²) in [5.74, 6) is 0.0530. The summed E-state index contributed by atoms with van der Waals surface area (Å²) >= 11 is 6.12. The van der Waals surface area contributed by atoms with Gasteiger partial charge in [-0.1, -0.05) is 23.7 Å². The maximum Gasteiger partial charge on any atom is 0.262 e. The molecule has 2 aromatic rings. The summed E-state index contributed by atoms with van der Waals surface area (Å²) in [6.45, 7) is 3.60. The van der Waals surface area contributed by atoms with Gasteiger partial charge in [0.25, 0.3) is 11.8 Å². The highest BCUT2D eigenvalue weighted by molar-refractivity contribution is 6.32. The second-order valence-corrected chi connectivity index (χ2v) is 6.33. The van der Waals surface area contributed by atoms with Gasteiger partial charge in [0.15, 0.2) is 6.61 Å². The number of nitrogens with one attached hydrogen (secondary N) is 1. The van der Waals surface area contributed by atoms with Crippen molar-refractivity contribution in [2.75, 3.05) is 26.0 Å². The van der Waals surface area contributed by atoms with Gasteiger partial charge in [-0.05, 0) is 49.2 Å². The summed E-state index contributed by atoms with van der Waals surface area (Å²) in [4.78, 5) is 25.8. The molecule has 5 nitrogen and oxygen atoms in total. The molecule has 2 aromatic carbocycles. The number of hydrogen-bond donors (Lipinski definition) is 1. The van der Waals surface area contributed by atoms with Crippen LogP contribution in [0.1, 0.15) is 21.5 Å². The largest absolute Gasteiger partial charge is 0.484 e. The van der Waals surface area contributed by atoms with E-state index in [1.54, 1.807) is 50.5 Å². The highest BCUT2D eigenvalue weighted by atomic mass is 35.5. The molecule has 0 aliphatic heterocycles. The third-order valence-electron chi connectivity index (χ3n) is 3.62.